The van der Waals surface area contributed by atoms with Gasteiger partial charge in [0.1, 0.15) is 5.75 Å². The molecule has 1 fully saturated rings. The summed E-state index contributed by atoms with van der Waals surface area (Å²) in [6.45, 7) is 1.75. The van der Waals surface area contributed by atoms with Gasteiger partial charge in [0.25, 0.3) is 0 Å². The molecule has 0 radical (unpaired) electrons. The minimum absolute atomic E-state index is 0.180. The average Bonchev–Trinajstić information content (AvgIpc) is 3.23. The van der Waals surface area contributed by atoms with Crippen molar-refractivity contribution in [1.29, 1.82) is 0 Å². The van der Waals surface area contributed by atoms with E-state index in [4.69, 9.17) is 20.9 Å². The number of rotatable bonds is 4. The van der Waals surface area contributed by atoms with Crippen molar-refractivity contribution in [2.24, 2.45) is 5.73 Å². The Hall–Kier alpha value is -1.69. The largest absolute Gasteiger partial charge is 0.488 e. The van der Waals surface area contributed by atoms with Crippen LogP contribution in [0.15, 0.2) is 17.8 Å². The highest BCUT2D eigenvalue weighted by molar-refractivity contribution is 9.15. The fraction of sp³-hybridized carbons (Fsp3) is 0.357. The fourth-order valence-corrected chi connectivity index (χ4v) is 2.05. The lowest BCUT2D eigenvalue weighted by Crippen LogP contribution is -2.08. The Kier molecular flexibility index (Phi) is 4.23. The maximum Gasteiger partial charge on any atom is 0.338 e. The number of hydrogen-bond acceptors (Lipinski definition) is 5. The van der Waals surface area contributed by atoms with Gasteiger partial charge in [-0.25, -0.2) is 4.79 Å². The second-order valence-electron chi connectivity index (χ2n) is 4.74. The number of anilines is 1. The highest BCUT2D eigenvalue weighted by atomic mass is 79.9. The number of hydrogen-bond donors (Lipinski definition) is 2. The third-order valence-corrected chi connectivity index (χ3v) is 4.02. The van der Waals surface area contributed by atoms with Gasteiger partial charge in [-0.2, -0.15) is 0 Å². The molecule has 0 unspecified atom stereocenters. The Labute approximate surface area is 126 Å². The number of ether oxygens (including phenoxy) is 2. The van der Waals surface area contributed by atoms with Crippen LogP contribution in [0.25, 0.3) is 4.48 Å². The Balaban J connectivity index is 2.53. The Bertz CT molecular complexity index is 576. The maximum atomic E-state index is 11.7. The third kappa shape index (κ3) is 3.07. The van der Waals surface area contributed by atoms with Gasteiger partial charge in [-0.1, -0.05) is 0 Å². The molecule has 1 aliphatic carbocycles. The molecule has 1 aromatic rings. The first-order valence-electron chi connectivity index (χ1n) is 6.24. The van der Waals surface area contributed by atoms with Crippen LogP contribution in [0.2, 0.25) is 0 Å². The van der Waals surface area contributed by atoms with Crippen LogP contribution in [-0.2, 0) is 4.74 Å². The zero-order chi connectivity index (χ0) is 14.9. The van der Waals surface area contributed by atoms with Gasteiger partial charge in [-0.3, -0.25) is 0 Å². The number of allylic oxidation sites excluding steroid dienone is 1. The van der Waals surface area contributed by atoms with Gasteiger partial charge in [-0.05, 0) is 47.8 Å². The lowest BCUT2D eigenvalue weighted by atomic mass is 10.1. The quantitative estimate of drug-likeness (QED) is 0.649. The number of benzene rings is 1. The molecule has 0 aliphatic heterocycles. The maximum absolute atomic E-state index is 11.7. The Morgan fingerprint density at radius 1 is 1.40 bits per heavy atom. The average molecular weight is 341 g/mol. The molecule has 4 N–H and O–H groups in total. The van der Waals surface area contributed by atoms with Gasteiger partial charge >= 0.3 is 5.97 Å². The molecular formula is C14H17BrN2O3. The summed E-state index contributed by atoms with van der Waals surface area (Å²) in [6, 6.07) is 3.25. The van der Waals surface area contributed by atoms with Crippen molar-refractivity contribution in [3.63, 3.8) is 0 Å². The van der Waals surface area contributed by atoms with Crippen LogP contribution in [0.3, 0.4) is 0 Å². The molecule has 0 aromatic heterocycles. The Morgan fingerprint density at radius 3 is 2.55 bits per heavy atom. The van der Waals surface area contributed by atoms with Gasteiger partial charge in [0.15, 0.2) is 0 Å². The van der Waals surface area contributed by atoms with E-state index >= 15 is 0 Å². The molecule has 0 amide bonds. The normalized spacial score (nSPS) is 15.6. The summed E-state index contributed by atoms with van der Waals surface area (Å²) >= 11 is 3.39. The van der Waals surface area contributed by atoms with E-state index < -0.39 is 5.97 Å². The highest BCUT2D eigenvalue weighted by Gasteiger charge is 2.26. The Morgan fingerprint density at radius 2 is 2.05 bits per heavy atom. The standard InChI is InChI=1S/C14H17BrN2O3/c1-7(16)12(15)10-5-8(14(18)19-2)6-11(13(10)17)20-9-3-4-9/h5-6,9H,3-4,16-17H2,1-2H3/b12-7+. The van der Waals surface area contributed by atoms with E-state index in [9.17, 15) is 4.79 Å². The van der Waals surface area contributed by atoms with Crippen LogP contribution in [0.5, 0.6) is 5.75 Å². The molecule has 6 heteroatoms. The topological polar surface area (TPSA) is 87.6 Å². The molecule has 1 aromatic carbocycles. The van der Waals surface area contributed by atoms with Crippen molar-refractivity contribution in [1.82, 2.24) is 0 Å². The van der Waals surface area contributed by atoms with Gasteiger partial charge < -0.3 is 20.9 Å². The summed E-state index contributed by atoms with van der Waals surface area (Å²) in [4.78, 5) is 11.7. The number of nitrogens with two attached hydrogens (primary N) is 2. The molecule has 0 saturated heterocycles. The van der Waals surface area contributed by atoms with Crippen molar-refractivity contribution in [3.8, 4) is 5.75 Å². The van der Waals surface area contributed by atoms with Crippen molar-refractivity contribution < 1.29 is 14.3 Å². The first kappa shape index (κ1) is 14.7. The van der Waals surface area contributed by atoms with Crippen molar-refractivity contribution >= 4 is 32.1 Å². The minimum atomic E-state index is -0.443. The summed E-state index contributed by atoms with van der Waals surface area (Å²) < 4.78 is 11.1. The van der Waals surface area contributed by atoms with E-state index in [0.717, 1.165) is 12.8 Å². The summed E-state index contributed by atoms with van der Waals surface area (Å²) in [5.41, 5.74) is 13.9. The molecule has 20 heavy (non-hydrogen) atoms. The van der Waals surface area contributed by atoms with Crippen LogP contribution in [0.4, 0.5) is 5.69 Å². The van der Waals surface area contributed by atoms with Crippen molar-refractivity contribution in [2.45, 2.75) is 25.9 Å². The number of carbonyl (C=O) groups is 1. The SMILES string of the molecule is COC(=O)c1cc(OC2CC2)c(N)c(/C(Br)=C(/C)N)c1. The number of halogens is 1. The predicted molar refractivity (Wildman–Crippen MR) is 81.6 cm³/mol. The number of methoxy groups -OCH3 is 1. The molecule has 1 aliphatic rings. The van der Waals surface area contributed by atoms with Crippen molar-refractivity contribution in [3.05, 3.63) is 29.0 Å². The third-order valence-electron chi connectivity index (χ3n) is 2.96. The molecule has 5 nitrogen and oxygen atoms in total. The van der Waals surface area contributed by atoms with Crippen LogP contribution in [0.1, 0.15) is 35.7 Å². The van der Waals surface area contributed by atoms with E-state index in [0.29, 0.717) is 32.7 Å². The van der Waals surface area contributed by atoms with Gasteiger partial charge in [0.05, 0.1) is 24.5 Å². The summed E-state index contributed by atoms with van der Waals surface area (Å²) in [5.74, 6) is 0.0467. The number of carbonyl (C=O) groups excluding carboxylic acids is 1. The van der Waals surface area contributed by atoms with Gasteiger partial charge in [-0.15, -0.1) is 0 Å². The summed E-state index contributed by atoms with van der Waals surface area (Å²) in [5, 5.41) is 0. The highest BCUT2D eigenvalue weighted by Crippen LogP contribution is 2.38. The predicted octanol–water partition coefficient (Wildman–Crippen LogP) is 2.64. The lowest BCUT2D eigenvalue weighted by Gasteiger charge is -2.14. The second-order valence-corrected chi connectivity index (χ2v) is 5.53. The van der Waals surface area contributed by atoms with E-state index in [1.165, 1.54) is 7.11 Å². The van der Waals surface area contributed by atoms with E-state index in [1.54, 1.807) is 19.1 Å². The van der Waals surface area contributed by atoms with Crippen LogP contribution >= 0.6 is 15.9 Å². The van der Waals surface area contributed by atoms with E-state index in [2.05, 4.69) is 15.9 Å². The lowest BCUT2D eigenvalue weighted by molar-refractivity contribution is 0.0600. The molecule has 2 rings (SSSR count). The van der Waals surface area contributed by atoms with Gasteiger partial charge in [0.2, 0.25) is 0 Å². The number of nitrogen functional groups attached to an aromatic ring is 1. The molecule has 0 atom stereocenters. The first-order valence-corrected chi connectivity index (χ1v) is 7.04. The first-order chi connectivity index (χ1) is 9.43. The molecule has 0 bridgehead atoms. The smallest absolute Gasteiger partial charge is 0.338 e. The zero-order valence-corrected chi connectivity index (χ0v) is 13.0. The monoisotopic (exact) mass is 340 g/mol. The minimum Gasteiger partial charge on any atom is -0.488 e. The van der Waals surface area contributed by atoms with Crippen LogP contribution in [0, 0.1) is 0 Å². The number of esters is 1. The summed E-state index contributed by atoms with van der Waals surface area (Å²) in [7, 11) is 1.33. The van der Waals surface area contributed by atoms with Gasteiger partial charge in [0, 0.05) is 15.7 Å². The molecule has 108 valence electrons. The van der Waals surface area contributed by atoms with Crippen LogP contribution < -0.4 is 16.2 Å². The summed E-state index contributed by atoms with van der Waals surface area (Å²) in [6.07, 6.45) is 2.19. The van der Waals surface area contributed by atoms with E-state index in [-0.39, 0.29) is 6.10 Å². The van der Waals surface area contributed by atoms with Crippen LogP contribution in [-0.4, -0.2) is 19.2 Å². The zero-order valence-electron chi connectivity index (χ0n) is 11.4. The van der Waals surface area contributed by atoms with Crippen molar-refractivity contribution in [2.75, 3.05) is 12.8 Å². The molecule has 0 spiro atoms. The molecule has 1 saturated carbocycles. The molecule has 0 heterocycles. The molecular weight excluding hydrogens is 324 g/mol. The van der Waals surface area contributed by atoms with E-state index in [1.807, 2.05) is 0 Å². The fourth-order valence-electron chi connectivity index (χ4n) is 1.72. The second kappa shape index (κ2) is 5.75.